The Hall–Kier alpha value is -1.79. The third kappa shape index (κ3) is 6.46. The molecule has 7 heteroatoms. The predicted molar refractivity (Wildman–Crippen MR) is 88.5 cm³/mol. The third-order valence-electron chi connectivity index (χ3n) is 2.77. The van der Waals surface area contributed by atoms with Crippen LogP contribution in [0.25, 0.3) is 0 Å². The molecule has 1 amide bonds. The Morgan fingerprint density at radius 1 is 1.13 bits per heavy atom. The predicted octanol–water partition coefficient (Wildman–Crippen LogP) is 5.06. The number of ether oxygens (including phenoxy) is 1. The van der Waals surface area contributed by atoms with E-state index in [4.69, 9.17) is 16.3 Å². The second-order valence-corrected chi connectivity index (χ2v) is 6.00. The summed E-state index contributed by atoms with van der Waals surface area (Å²) in [6.07, 6.45) is 0.177. The number of hydrogen-bond acceptors (Lipinski definition) is 3. The van der Waals surface area contributed by atoms with Gasteiger partial charge in [-0.25, -0.2) is 0 Å². The Morgan fingerprint density at radius 3 is 2.39 bits per heavy atom. The molecule has 1 N–H and O–H groups in total. The van der Waals surface area contributed by atoms with Crippen molar-refractivity contribution >= 4 is 35.0 Å². The van der Waals surface area contributed by atoms with Crippen molar-refractivity contribution in [3.8, 4) is 5.75 Å². The maximum atomic E-state index is 12.2. The standard InChI is InChI=1S/C16H14ClF2NO2S/c17-11-1-5-13(6-2-11)22-10-9-15(21)20-12-3-7-14(8-4-12)23-16(18)19/h1-8,16H,9-10H2,(H,20,21). The van der Waals surface area contributed by atoms with Gasteiger partial charge in [-0.15, -0.1) is 0 Å². The fraction of sp³-hybridized carbons (Fsp3) is 0.188. The Bertz CT molecular complexity index is 636. The van der Waals surface area contributed by atoms with Crippen LogP contribution >= 0.6 is 23.4 Å². The lowest BCUT2D eigenvalue weighted by atomic mass is 10.3. The van der Waals surface area contributed by atoms with Crippen molar-refractivity contribution < 1.29 is 18.3 Å². The van der Waals surface area contributed by atoms with Gasteiger partial charge in [-0.2, -0.15) is 8.78 Å². The Kier molecular flexibility index (Phi) is 6.67. The van der Waals surface area contributed by atoms with E-state index < -0.39 is 5.76 Å². The van der Waals surface area contributed by atoms with Crippen molar-refractivity contribution in [1.29, 1.82) is 0 Å². The number of halogens is 3. The Labute approximate surface area is 142 Å². The van der Waals surface area contributed by atoms with Gasteiger partial charge < -0.3 is 10.1 Å². The maximum Gasteiger partial charge on any atom is 0.288 e. The smallest absolute Gasteiger partial charge is 0.288 e. The van der Waals surface area contributed by atoms with Gasteiger partial charge in [-0.05, 0) is 48.5 Å². The Morgan fingerprint density at radius 2 is 1.78 bits per heavy atom. The van der Waals surface area contributed by atoms with Gasteiger partial charge in [-0.1, -0.05) is 23.4 Å². The number of alkyl halides is 2. The molecule has 3 nitrogen and oxygen atoms in total. The zero-order chi connectivity index (χ0) is 16.7. The zero-order valence-corrected chi connectivity index (χ0v) is 13.5. The minimum atomic E-state index is -2.46. The van der Waals surface area contributed by atoms with E-state index in [1.54, 1.807) is 36.4 Å². The van der Waals surface area contributed by atoms with Crippen LogP contribution in [0, 0.1) is 0 Å². The van der Waals surface area contributed by atoms with E-state index in [0.29, 0.717) is 33.1 Å². The van der Waals surface area contributed by atoms with Crippen molar-refractivity contribution in [1.82, 2.24) is 0 Å². The number of hydrogen-bond donors (Lipinski definition) is 1. The van der Waals surface area contributed by atoms with Crippen LogP contribution in [0.1, 0.15) is 6.42 Å². The number of nitrogens with one attached hydrogen (secondary N) is 1. The number of thioether (sulfide) groups is 1. The minimum absolute atomic E-state index is 0.177. The molecule has 0 aliphatic rings. The highest BCUT2D eigenvalue weighted by Crippen LogP contribution is 2.26. The molecule has 0 aliphatic heterocycles. The summed E-state index contributed by atoms with van der Waals surface area (Å²) in [4.78, 5) is 12.2. The van der Waals surface area contributed by atoms with Crippen LogP contribution in [0.4, 0.5) is 14.5 Å². The van der Waals surface area contributed by atoms with Crippen LogP contribution in [-0.2, 0) is 4.79 Å². The van der Waals surface area contributed by atoms with Gasteiger partial charge in [0.25, 0.3) is 5.76 Å². The first-order valence-electron chi connectivity index (χ1n) is 6.76. The summed E-state index contributed by atoms with van der Waals surface area (Å²) in [5, 5.41) is 3.30. The molecule has 23 heavy (non-hydrogen) atoms. The quantitative estimate of drug-likeness (QED) is 0.704. The number of rotatable bonds is 7. The normalized spacial score (nSPS) is 10.6. The highest BCUT2D eigenvalue weighted by atomic mass is 35.5. The molecule has 2 rings (SSSR count). The molecule has 0 unspecified atom stereocenters. The number of anilines is 1. The topological polar surface area (TPSA) is 38.3 Å². The van der Waals surface area contributed by atoms with Crippen molar-refractivity contribution in [2.75, 3.05) is 11.9 Å². The van der Waals surface area contributed by atoms with Crippen LogP contribution in [0.2, 0.25) is 5.02 Å². The van der Waals surface area contributed by atoms with Gasteiger partial charge in [-0.3, -0.25) is 4.79 Å². The SMILES string of the molecule is O=C(CCOc1ccc(Cl)cc1)Nc1ccc(SC(F)F)cc1. The number of benzene rings is 2. The zero-order valence-electron chi connectivity index (χ0n) is 12.0. The molecule has 0 saturated carbocycles. The molecule has 0 spiro atoms. The minimum Gasteiger partial charge on any atom is -0.493 e. The molecule has 0 aromatic heterocycles. The second-order valence-electron chi connectivity index (χ2n) is 4.50. The molecule has 0 aliphatic carbocycles. The summed E-state index contributed by atoms with van der Waals surface area (Å²) >= 11 is 6.23. The average molecular weight is 358 g/mol. The Balaban J connectivity index is 1.75. The van der Waals surface area contributed by atoms with Crippen LogP contribution in [-0.4, -0.2) is 18.3 Å². The molecule has 0 saturated heterocycles. The van der Waals surface area contributed by atoms with Gasteiger partial charge in [0.2, 0.25) is 5.91 Å². The van der Waals surface area contributed by atoms with Crippen LogP contribution in [0.5, 0.6) is 5.75 Å². The first kappa shape index (κ1) is 17.6. The molecule has 0 bridgehead atoms. The lowest BCUT2D eigenvalue weighted by molar-refractivity contribution is -0.116. The van der Waals surface area contributed by atoms with Crippen molar-refractivity contribution in [2.24, 2.45) is 0 Å². The largest absolute Gasteiger partial charge is 0.493 e. The summed E-state index contributed by atoms with van der Waals surface area (Å²) in [5.74, 6) is -2.04. The molecular weight excluding hydrogens is 344 g/mol. The van der Waals surface area contributed by atoms with Gasteiger partial charge in [0.15, 0.2) is 0 Å². The van der Waals surface area contributed by atoms with Crippen LogP contribution in [0.3, 0.4) is 0 Å². The molecule has 0 heterocycles. The molecule has 122 valence electrons. The molecular formula is C16H14ClF2NO2S. The van der Waals surface area contributed by atoms with Crippen molar-refractivity contribution in [3.63, 3.8) is 0 Å². The molecule has 0 fully saturated rings. The highest BCUT2D eigenvalue weighted by molar-refractivity contribution is 7.99. The van der Waals surface area contributed by atoms with Gasteiger partial charge in [0, 0.05) is 15.6 Å². The molecule has 0 radical (unpaired) electrons. The summed E-state index contributed by atoms with van der Waals surface area (Å²) in [5.41, 5.74) is 0.556. The maximum absolute atomic E-state index is 12.2. The van der Waals surface area contributed by atoms with Gasteiger partial charge in [0.05, 0.1) is 13.0 Å². The summed E-state index contributed by atoms with van der Waals surface area (Å²) in [6.45, 7) is 0.229. The monoisotopic (exact) mass is 357 g/mol. The highest BCUT2D eigenvalue weighted by Gasteiger charge is 2.06. The van der Waals surface area contributed by atoms with E-state index in [-0.39, 0.29) is 18.9 Å². The summed E-state index contributed by atoms with van der Waals surface area (Å²) in [7, 11) is 0. The van der Waals surface area contributed by atoms with E-state index in [9.17, 15) is 13.6 Å². The van der Waals surface area contributed by atoms with Gasteiger partial charge in [0.1, 0.15) is 5.75 Å². The first-order valence-corrected chi connectivity index (χ1v) is 8.02. The number of carbonyl (C=O) groups is 1. The van der Waals surface area contributed by atoms with Crippen molar-refractivity contribution in [3.05, 3.63) is 53.6 Å². The fourth-order valence-electron chi connectivity index (χ4n) is 1.74. The summed E-state index contributed by atoms with van der Waals surface area (Å²) in [6, 6.07) is 13.1. The number of carbonyl (C=O) groups excluding carboxylic acids is 1. The second kappa shape index (κ2) is 8.74. The van der Waals surface area contributed by atoms with Crippen LogP contribution in [0.15, 0.2) is 53.4 Å². The average Bonchev–Trinajstić information content (AvgIpc) is 2.51. The number of amides is 1. The van der Waals surface area contributed by atoms with E-state index in [1.807, 2.05) is 0 Å². The molecule has 2 aromatic carbocycles. The molecule has 2 aromatic rings. The van der Waals surface area contributed by atoms with E-state index in [2.05, 4.69) is 5.32 Å². The van der Waals surface area contributed by atoms with Crippen LogP contribution < -0.4 is 10.1 Å². The first-order chi connectivity index (χ1) is 11.0. The van der Waals surface area contributed by atoms with E-state index in [1.165, 1.54) is 12.1 Å². The lowest BCUT2D eigenvalue weighted by Crippen LogP contribution is -2.15. The third-order valence-corrected chi connectivity index (χ3v) is 3.75. The summed E-state index contributed by atoms with van der Waals surface area (Å²) < 4.78 is 29.8. The van der Waals surface area contributed by atoms with E-state index >= 15 is 0 Å². The van der Waals surface area contributed by atoms with Crippen molar-refractivity contribution in [2.45, 2.75) is 17.1 Å². The van der Waals surface area contributed by atoms with Gasteiger partial charge >= 0.3 is 0 Å². The fourth-order valence-corrected chi connectivity index (χ4v) is 2.36. The van der Waals surface area contributed by atoms with E-state index in [0.717, 1.165) is 0 Å². The lowest BCUT2D eigenvalue weighted by Gasteiger charge is -2.08. The molecule has 0 atom stereocenters.